The van der Waals surface area contributed by atoms with Crippen LogP contribution in [0.4, 0.5) is 4.39 Å². The van der Waals surface area contributed by atoms with Gasteiger partial charge in [0.2, 0.25) is 10.0 Å². The number of sulfonamides is 1. The number of aliphatic hydroxyl groups excluding tert-OH is 1. The van der Waals surface area contributed by atoms with Crippen molar-refractivity contribution in [1.29, 1.82) is 0 Å². The number of hydrogen-bond acceptors (Lipinski definition) is 3. The van der Waals surface area contributed by atoms with E-state index >= 15 is 0 Å². The number of hydrogen-bond donors (Lipinski definition) is 2. The highest BCUT2D eigenvalue weighted by molar-refractivity contribution is 7.89. The van der Waals surface area contributed by atoms with E-state index in [-0.39, 0.29) is 11.6 Å². The van der Waals surface area contributed by atoms with Gasteiger partial charge in [0.25, 0.3) is 0 Å². The first-order chi connectivity index (χ1) is 8.25. The van der Waals surface area contributed by atoms with Crippen LogP contribution in [0.15, 0.2) is 23.1 Å². The highest BCUT2D eigenvalue weighted by atomic mass is 35.5. The lowest BCUT2D eigenvalue weighted by Gasteiger charge is -2.26. The maximum absolute atomic E-state index is 13.7. The predicted molar refractivity (Wildman–Crippen MR) is 67.5 cm³/mol. The van der Waals surface area contributed by atoms with Crippen molar-refractivity contribution in [3.8, 4) is 0 Å². The summed E-state index contributed by atoms with van der Waals surface area (Å²) in [6.45, 7) is 2.87. The number of benzene rings is 1. The van der Waals surface area contributed by atoms with Gasteiger partial charge in [-0.05, 0) is 25.5 Å². The van der Waals surface area contributed by atoms with Crippen LogP contribution in [0, 0.1) is 5.82 Å². The van der Waals surface area contributed by atoms with E-state index in [1.807, 2.05) is 0 Å². The lowest BCUT2D eigenvalue weighted by molar-refractivity contribution is 0.191. The molecule has 0 amide bonds. The molecule has 0 bridgehead atoms. The number of aliphatic hydroxyl groups is 1. The molecule has 0 radical (unpaired) electrons. The van der Waals surface area contributed by atoms with Gasteiger partial charge in [-0.2, -0.15) is 0 Å². The van der Waals surface area contributed by atoms with E-state index in [1.54, 1.807) is 6.92 Å². The molecule has 0 fully saturated rings. The molecule has 0 aliphatic rings. The SMILES string of the molecule is CCC(C)(CO)NS(=O)(=O)c1cccc(Cl)c1F. The summed E-state index contributed by atoms with van der Waals surface area (Å²) in [5.41, 5.74) is -1.03. The number of halogens is 2. The molecule has 2 N–H and O–H groups in total. The molecule has 1 atom stereocenters. The van der Waals surface area contributed by atoms with Gasteiger partial charge in [-0.1, -0.05) is 24.6 Å². The highest BCUT2D eigenvalue weighted by Crippen LogP contribution is 2.23. The minimum absolute atomic E-state index is 0.264. The highest BCUT2D eigenvalue weighted by Gasteiger charge is 2.30. The minimum atomic E-state index is -4.06. The van der Waals surface area contributed by atoms with E-state index in [2.05, 4.69) is 4.72 Å². The van der Waals surface area contributed by atoms with Crippen LogP contribution in [0.1, 0.15) is 20.3 Å². The van der Waals surface area contributed by atoms with Crippen LogP contribution in [0.3, 0.4) is 0 Å². The lowest BCUT2D eigenvalue weighted by atomic mass is 10.0. The predicted octanol–water partition coefficient (Wildman–Crippen LogP) is 1.92. The van der Waals surface area contributed by atoms with Crippen molar-refractivity contribution in [3.63, 3.8) is 0 Å². The molecule has 0 spiro atoms. The maximum Gasteiger partial charge on any atom is 0.244 e. The topological polar surface area (TPSA) is 66.4 Å². The average molecular weight is 296 g/mol. The monoisotopic (exact) mass is 295 g/mol. The zero-order valence-corrected chi connectivity index (χ0v) is 11.6. The minimum Gasteiger partial charge on any atom is -0.394 e. The average Bonchev–Trinajstić information content (AvgIpc) is 2.31. The summed E-state index contributed by atoms with van der Waals surface area (Å²) in [6.07, 6.45) is 0.366. The summed E-state index contributed by atoms with van der Waals surface area (Å²) in [6, 6.07) is 3.74. The summed E-state index contributed by atoms with van der Waals surface area (Å²) in [7, 11) is -4.06. The van der Waals surface area contributed by atoms with E-state index in [0.29, 0.717) is 6.42 Å². The Morgan fingerprint density at radius 1 is 1.50 bits per heavy atom. The molecule has 0 aliphatic carbocycles. The van der Waals surface area contributed by atoms with Gasteiger partial charge >= 0.3 is 0 Å². The zero-order chi connectivity index (χ0) is 14.0. The van der Waals surface area contributed by atoms with E-state index in [1.165, 1.54) is 19.1 Å². The van der Waals surface area contributed by atoms with E-state index in [4.69, 9.17) is 11.6 Å². The van der Waals surface area contributed by atoms with Gasteiger partial charge < -0.3 is 5.11 Å². The molecule has 0 saturated heterocycles. The fourth-order valence-electron chi connectivity index (χ4n) is 1.29. The Morgan fingerprint density at radius 2 is 2.11 bits per heavy atom. The summed E-state index contributed by atoms with van der Waals surface area (Å²) in [4.78, 5) is -0.525. The van der Waals surface area contributed by atoms with Gasteiger partial charge in [0, 0.05) is 0 Å². The van der Waals surface area contributed by atoms with Gasteiger partial charge in [-0.25, -0.2) is 17.5 Å². The molecule has 1 rings (SSSR count). The smallest absolute Gasteiger partial charge is 0.244 e. The van der Waals surface area contributed by atoms with Crippen LogP contribution < -0.4 is 4.72 Å². The molecule has 4 nitrogen and oxygen atoms in total. The van der Waals surface area contributed by atoms with Crippen LogP contribution in [-0.2, 0) is 10.0 Å². The second-order valence-corrected chi connectivity index (χ2v) is 6.29. The number of nitrogens with one attached hydrogen (secondary N) is 1. The van der Waals surface area contributed by atoms with Crippen molar-refractivity contribution in [2.75, 3.05) is 6.61 Å². The van der Waals surface area contributed by atoms with Crippen molar-refractivity contribution in [2.45, 2.75) is 30.7 Å². The molecule has 1 unspecified atom stereocenters. The largest absolute Gasteiger partial charge is 0.394 e. The normalized spacial score (nSPS) is 15.4. The van der Waals surface area contributed by atoms with Gasteiger partial charge in [0.1, 0.15) is 4.90 Å². The molecular weight excluding hydrogens is 281 g/mol. The van der Waals surface area contributed by atoms with Crippen LogP contribution in [0.5, 0.6) is 0 Å². The van der Waals surface area contributed by atoms with Gasteiger partial charge in [-0.3, -0.25) is 0 Å². The van der Waals surface area contributed by atoms with Crippen molar-refractivity contribution < 1.29 is 17.9 Å². The third-order valence-electron chi connectivity index (χ3n) is 2.72. The quantitative estimate of drug-likeness (QED) is 0.872. The zero-order valence-electron chi connectivity index (χ0n) is 10.1. The molecule has 7 heteroatoms. The number of rotatable bonds is 5. The van der Waals surface area contributed by atoms with Crippen molar-refractivity contribution in [3.05, 3.63) is 29.0 Å². The van der Waals surface area contributed by atoms with Crippen molar-refractivity contribution in [1.82, 2.24) is 4.72 Å². The molecule has 0 aromatic heterocycles. The Bertz CT molecular complexity index is 529. The Hall–Kier alpha value is -0.690. The summed E-state index contributed by atoms with van der Waals surface area (Å²) < 4.78 is 40.0. The fraction of sp³-hybridized carbons (Fsp3) is 0.455. The summed E-state index contributed by atoms with van der Waals surface area (Å²) >= 11 is 5.54. The molecule has 1 aromatic rings. The third kappa shape index (κ3) is 3.20. The molecule has 0 aliphatic heterocycles. The van der Waals surface area contributed by atoms with Gasteiger partial charge in [0.15, 0.2) is 5.82 Å². The van der Waals surface area contributed by atoms with Crippen molar-refractivity contribution in [2.24, 2.45) is 0 Å². The first-order valence-corrected chi connectivity index (χ1v) is 7.21. The van der Waals surface area contributed by atoms with Gasteiger partial charge in [0.05, 0.1) is 17.2 Å². The van der Waals surface area contributed by atoms with Crippen LogP contribution in [-0.4, -0.2) is 25.7 Å². The van der Waals surface area contributed by atoms with Crippen molar-refractivity contribution >= 4 is 21.6 Å². The molecular formula is C11H15ClFNO3S. The summed E-state index contributed by atoms with van der Waals surface area (Å²) in [5.74, 6) is -0.997. The van der Waals surface area contributed by atoms with Gasteiger partial charge in [-0.15, -0.1) is 0 Å². The fourth-order valence-corrected chi connectivity index (χ4v) is 3.09. The molecule has 1 aromatic carbocycles. The van der Waals surface area contributed by atoms with E-state index < -0.39 is 26.3 Å². The Kier molecular flexibility index (Phi) is 4.72. The van der Waals surface area contributed by atoms with E-state index in [9.17, 15) is 17.9 Å². The summed E-state index contributed by atoms with van der Waals surface area (Å²) in [5, 5.41) is 8.91. The second-order valence-electron chi connectivity index (χ2n) is 4.23. The first kappa shape index (κ1) is 15.4. The third-order valence-corrected chi connectivity index (χ3v) is 4.66. The Morgan fingerprint density at radius 3 is 2.61 bits per heavy atom. The molecule has 102 valence electrons. The standard InChI is InChI=1S/C11H15ClFNO3S/c1-3-11(2,7-15)14-18(16,17)9-6-4-5-8(12)10(9)13/h4-6,14-15H,3,7H2,1-2H3. The Balaban J connectivity index is 3.19. The lowest BCUT2D eigenvalue weighted by Crippen LogP contribution is -2.48. The second kappa shape index (κ2) is 5.52. The molecule has 0 heterocycles. The molecule has 18 heavy (non-hydrogen) atoms. The molecule has 0 saturated carbocycles. The van der Waals surface area contributed by atoms with Crippen LogP contribution >= 0.6 is 11.6 Å². The van der Waals surface area contributed by atoms with Crippen LogP contribution in [0.25, 0.3) is 0 Å². The Labute approximate surface area is 111 Å². The maximum atomic E-state index is 13.7. The van der Waals surface area contributed by atoms with Crippen LogP contribution in [0.2, 0.25) is 5.02 Å². The van der Waals surface area contributed by atoms with E-state index in [0.717, 1.165) is 6.07 Å². The first-order valence-electron chi connectivity index (χ1n) is 5.34.